The lowest BCUT2D eigenvalue weighted by Gasteiger charge is -2.30. The normalized spacial score (nSPS) is 21.6. The van der Waals surface area contributed by atoms with Gasteiger partial charge >= 0.3 is 0 Å². The number of rotatable bonds is 1. The zero-order valence-electron chi connectivity index (χ0n) is 10.0. The van der Waals surface area contributed by atoms with Crippen LogP contribution in [0.25, 0.3) is 0 Å². The van der Waals surface area contributed by atoms with Gasteiger partial charge in [0.2, 0.25) is 0 Å². The summed E-state index contributed by atoms with van der Waals surface area (Å²) in [5.41, 5.74) is 1.80. The first-order chi connectivity index (χ1) is 9.15. The number of halogens is 2. The maximum Gasteiger partial charge on any atom is 0.128 e. The van der Waals surface area contributed by atoms with Crippen LogP contribution in [0.2, 0.25) is 5.02 Å². The topological polar surface area (TPSA) is 29.5 Å². The Morgan fingerprint density at radius 1 is 1.16 bits per heavy atom. The number of hydrogen-bond donors (Lipinski definition) is 1. The van der Waals surface area contributed by atoms with E-state index in [1.807, 2.05) is 30.3 Å². The molecule has 0 amide bonds. The van der Waals surface area contributed by atoms with Crippen molar-refractivity contribution in [3.8, 4) is 5.75 Å². The number of hydrogen-bond acceptors (Lipinski definition) is 2. The Balaban J connectivity index is 1.97. The summed E-state index contributed by atoms with van der Waals surface area (Å²) in [5, 5.41) is 10.9. The summed E-state index contributed by atoms with van der Waals surface area (Å²) in [6, 6.07) is 13.2. The zero-order chi connectivity index (χ0) is 13.4. The Morgan fingerprint density at radius 3 is 2.74 bits per heavy atom. The summed E-state index contributed by atoms with van der Waals surface area (Å²) < 4.78 is 6.97. The Hall–Kier alpha value is -1.03. The number of aliphatic hydroxyl groups is 1. The minimum atomic E-state index is -0.556. The Labute approximate surface area is 125 Å². The van der Waals surface area contributed by atoms with Crippen molar-refractivity contribution in [1.82, 2.24) is 0 Å². The molecule has 2 aromatic rings. The van der Waals surface area contributed by atoms with E-state index in [0.29, 0.717) is 17.2 Å². The first-order valence-corrected chi connectivity index (χ1v) is 7.21. The van der Waals surface area contributed by atoms with Gasteiger partial charge in [0, 0.05) is 27.0 Å². The third kappa shape index (κ3) is 2.50. The van der Waals surface area contributed by atoms with Gasteiger partial charge in [-0.05, 0) is 24.3 Å². The molecule has 0 fully saturated rings. The zero-order valence-corrected chi connectivity index (χ0v) is 12.4. The first kappa shape index (κ1) is 13.0. The molecule has 0 saturated carbocycles. The number of fused-ring (bicyclic) bond motifs is 1. The van der Waals surface area contributed by atoms with Crippen molar-refractivity contribution in [2.75, 3.05) is 0 Å². The molecule has 0 radical (unpaired) electrons. The third-order valence-corrected chi connectivity index (χ3v) is 4.25. The molecular weight excluding hydrogens is 328 g/mol. The van der Waals surface area contributed by atoms with Crippen LogP contribution < -0.4 is 4.74 Å². The van der Waals surface area contributed by atoms with Gasteiger partial charge in [0.15, 0.2) is 0 Å². The number of benzene rings is 2. The molecule has 2 aromatic carbocycles. The smallest absolute Gasteiger partial charge is 0.128 e. The summed E-state index contributed by atoms with van der Waals surface area (Å²) in [4.78, 5) is 0. The van der Waals surface area contributed by atoms with Crippen molar-refractivity contribution in [2.24, 2.45) is 0 Å². The third-order valence-electron chi connectivity index (χ3n) is 3.29. The molecule has 1 N–H and O–H groups in total. The predicted molar refractivity (Wildman–Crippen MR) is 78.5 cm³/mol. The van der Waals surface area contributed by atoms with E-state index < -0.39 is 6.10 Å². The maximum absolute atomic E-state index is 10.3. The fourth-order valence-corrected chi connectivity index (χ4v) is 3.07. The Bertz CT molecular complexity index is 615. The molecule has 1 aliphatic heterocycles. The fraction of sp³-hybridized carbons (Fsp3) is 0.200. The van der Waals surface area contributed by atoms with E-state index in [1.165, 1.54) is 0 Å². The van der Waals surface area contributed by atoms with E-state index in [2.05, 4.69) is 15.9 Å². The SMILES string of the molecule is O[C@H]1CC(c2ccccc2Br)Oc2ccc(Cl)cc21. The molecule has 1 heterocycles. The van der Waals surface area contributed by atoms with Crippen LogP contribution in [0.15, 0.2) is 46.9 Å². The molecule has 98 valence electrons. The summed E-state index contributed by atoms with van der Waals surface area (Å²) in [7, 11) is 0. The molecule has 3 rings (SSSR count). The second-order valence-electron chi connectivity index (χ2n) is 4.56. The fourth-order valence-electron chi connectivity index (χ4n) is 2.34. The van der Waals surface area contributed by atoms with E-state index in [1.54, 1.807) is 12.1 Å². The van der Waals surface area contributed by atoms with Gasteiger partial charge in [0.25, 0.3) is 0 Å². The predicted octanol–water partition coefficient (Wildman–Crippen LogP) is 4.66. The lowest BCUT2D eigenvalue weighted by Crippen LogP contribution is -2.19. The van der Waals surface area contributed by atoms with Crippen LogP contribution in [0.1, 0.15) is 29.8 Å². The number of aliphatic hydroxyl groups excluding tert-OH is 1. The molecular formula is C15H12BrClO2. The van der Waals surface area contributed by atoms with Gasteiger partial charge in [0.05, 0.1) is 6.10 Å². The van der Waals surface area contributed by atoms with Crippen LogP contribution in [0, 0.1) is 0 Å². The highest BCUT2D eigenvalue weighted by Crippen LogP contribution is 2.43. The second kappa shape index (κ2) is 5.16. The summed E-state index contributed by atoms with van der Waals surface area (Å²) in [6.45, 7) is 0. The van der Waals surface area contributed by atoms with E-state index >= 15 is 0 Å². The van der Waals surface area contributed by atoms with Gasteiger partial charge in [-0.25, -0.2) is 0 Å². The van der Waals surface area contributed by atoms with Crippen LogP contribution in [0.5, 0.6) is 5.75 Å². The summed E-state index contributed by atoms with van der Waals surface area (Å²) >= 11 is 9.47. The molecule has 0 bridgehead atoms. The Kier molecular flexibility index (Phi) is 3.52. The highest BCUT2D eigenvalue weighted by Gasteiger charge is 2.29. The molecule has 19 heavy (non-hydrogen) atoms. The average Bonchev–Trinajstić information content (AvgIpc) is 2.40. The van der Waals surface area contributed by atoms with Crippen LogP contribution in [-0.2, 0) is 0 Å². The van der Waals surface area contributed by atoms with Gasteiger partial charge in [-0.1, -0.05) is 45.7 Å². The van der Waals surface area contributed by atoms with Crippen molar-refractivity contribution in [1.29, 1.82) is 0 Å². The Morgan fingerprint density at radius 2 is 1.95 bits per heavy atom. The molecule has 0 spiro atoms. The minimum absolute atomic E-state index is 0.153. The molecule has 1 aliphatic rings. The van der Waals surface area contributed by atoms with Gasteiger partial charge in [-0.2, -0.15) is 0 Å². The molecule has 0 aliphatic carbocycles. The van der Waals surface area contributed by atoms with Gasteiger partial charge in [-0.3, -0.25) is 0 Å². The lowest BCUT2D eigenvalue weighted by atomic mass is 9.95. The molecule has 2 nitrogen and oxygen atoms in total. The molecule has 1 unspecified atom stereocenters. The minimum Gasteiger partial charge on any atom is -0.485 e. The molecule has 4 heteroatoms. The van der Waals surface area contributed by atoms with E-state index in [9.17, 15) is 5.11 Å². The highest BCUT2D eigenvalue weighted by molar-refractivity contribution is 9.10. The first-order valence-electron chi connectivity index (χ1n) is 6.04. The van der Waals surface area contributed by atoms with E-state index in [0.717, 1.165) is 15.6 Å². The van der Waals surface area contributed by atoms with Crippen LogP contribution in [0.3, 0.4) is 0 Å². The summed E-state index contributed by atoms with van der Waals surface area (Å²) in [5.74, 6) is 0.698. The van der Waals surface area contributed by atoms with Crippen LogP contribution >= 0.6 is 27.5 Å². The van der Waals surface area contributed by atoms with Gasteiger partial charge in [0.1, 0.15) is 11.9 Å². The number of ether oxygens (including phenoxy) is 1. The van der Waals surface area contributed by atoms with Crippen molar-refractivity contribution in [2.45, 2.75) is 18.6 Å². The van der Waals surface area contributed by atoms with Crippen LogP contribution in [-0.4, -0.2) is 5.11 Å². The van der Waals surface area contributed by atoms with Crippen LogP contribution in [0.4, 0.5) is 0 Å². The van der Waals surface area contributed by atoms with Crippen molar-refractivity contribution in [3.05, 3.63) is 63.1 Å². The van der Waals surface area contributed by atoms with Crippen molar-refractivity contribution >= 4 is 27.5 Å². The van der Waals surface area contributed by atoms with Crippen molar-refractivity contribution in [3.63, 3.8) is 0 Å². The second-order valence-corrected chi connectivity index (χ2v) is 5.85. The largest absolute Gasteiger partial charge is 0.485 e. The quantitative estimate of drug-likeness (QED) is 0.819. The lowest BCUT2D eigenvalue weighted by molar-refractivity contribution is 0.0654. The molecule has 0 aromatic heterocycles. The van der Waals surface area contributed by atoms with Crippen molar-refractivity contribution < 1.29 is 9.84 Å². The van der Waals surface area contributed by atoms with Gasteiger partial charge in [-0.15, -0.1) is 0 Å². The van der Waals surface area contributed by atoms with E-state index in [-0.39, 0.29) is 6.10 Å². The monoisotopic (exact) mass is 338 g/mol. The standard InChI is InChI=1S/C15H12BrClO2/c16-12-4-2-1-3-10(12)15-8-13(18)11-7-9(17)5-6-14(11)19-15/h1-7,13,15,18H,8H2/t13-,15?/m0/s1. The molecule has 2 atom stereocenters. The maximum atomic E-state index is 10.3. The highest BCUT2D eigenvalue weighted by atomic mass is 79.9. The average molecular weight is 340 g/mol. The molecule has 0 saturated heterocycles. The van der Waals surface area contributed by atoms with E-state index in [4.69, 9.17) is 16.3 Å². The van der Waals surface area contributed by atoms with Gasteiger partial charge < -0.3 is 9.84 Å². The summed E-state index contributed by atoms with van der Waals surface area (Å²) in [6.07, 6.45) is -0.186.